The Labute approximate surface area is 151 Å². The van der Waals surface area contributed by atoms with Crippen LogP contribution in [0.5, 0.6) is 0 Å². The van der Waals surface area contributed by atoms with Crippen LogP contribution < -0.4 is 0 Å². The molecule has 0 aromatic rings. The number of hydrogen-bond donors (Lipinski definition) is 2. The molecule has 0 bridgehead atoms. The van der Waals surface area contributed by atoms with E-state index in [1.165, 1.54) is 24.8 Å². The molecule has 3 fully saturated rings. The van der Waals surface area contributed by atoms with Crippen LogP contribution in [0.4, 0.5) is 0 Å². The van der Waals surface area contributed by atoms with Gasteiger partial charge in [-0.1, -0.05) is 32.4 Å². The van der Waals surface area contributed by atoms with Crippen molar-refractivity contribution in [1.29, 1.82) is 0 Å². The monoisotopic (exact) mass is 346 g/mol. The summed E-state index contributed by atoms with van der Waals surface area (Å²) < 4.78 is 0. The first-order valence-electron chi connectivity index (χ1n) is 10.4. The van der Waals surface area contributed by atoms with Gasteiger partial charge in [-0.25, -0.2) is 0 Å². The lowest BCUT2D eigenvalue weighted by molar-refractivity contribution is -0.146. The van der Waals surface area contributed by atoms with E-state index in [-0.39, 0.29) is 22.9 Å². The third-order valence-electron chi connectivity index (χ3n) is 9.14. The molecular formula is C22H34O3. The van der Waals surface area contributed by atoms with Gasteiger partial charge >= 0.3 is 5.97 Å². The van der Waals surface area contributed by atoms with E-state index in [4.69, 9.17) is 0 Å². The number of aliphatic carboxylic acids is 1. The fourth-order valence-electron chi connectivity index (χ4n) is 7.68. The van der Waals surface area contributed by atoms with Crippen molar-refractivity contribution >= 4 is 5.97 Å². The summed E-state index contributed by atoms with van der Waals surface area (Å²) in [4.78, 5) is 11.6. The van der Waals surface area contributed by atoms with Crippen LogP contribution in [0, 0.1) is 40.4 Å². The van der Waals surface area contributed by atoms with Gasteiger partial charge in [0.1, 0.15) is 0 Å². The number of fused-ring (bicyclic) bond motifs is 5. The zero-order valence-electron chi connectivity index (χ0n) is 16.0. The van der Waals surface area contributed by atoms with Gasteiger partial charge in [0.25, 0.3) is 0 Å². The van der Waals surface area contributed by atoms with Gasteiger partial charge in [-0.05, 0) is 85.9 Å². The summed E-state index contributed by atoms with van der Waals surface area (Å²) in [6.45, 7) is 6.78. The van der Waals surface area contributed by atoms with Gasteiger partial charge in [-0.3, -0.25) is 4.79 Å². The molecule has 0 aliphatic heterocycles. The number of allylic oxidation sites excluding steroid dienone is 1. The van der Waals surface area contributed by atoms with Gasteiger partial charge in [0.15, 0.2) is 0 Å². The van der Waals surface area contributed by atoms with Gasteiger partial charge in [-0.2, -0.15) is 0 Å². The molecule has 3 nitrogen and oxygen atoms in total. The third-order valence-corrected chi connectivity index (χ3v) is 9.14. The van der Waals surface area contributed by atoms with Crippen molar-refractivity contribution in [2.24, 2.45) is 40.4 Å². The lowest BCUT2D eigenvalue weighted by Crippen LogP contribution is -2.51. The molecule has 0 saturated heterocycles. The van der Waals surface area contributed by atoms with E-state index in [1.807, 2.05) is 6.92 Å². The Morgan fingerprint density at radius 1 is 1.16 bits per heavy atom. The van der Waals surface area contributed by atoms with Crippen LogP contribution >= 0.6 is 0 Å². The largest absolute Gasteiger partial charge is 0.481 e. The van der Waals surface area contributed by atoms with Crippen molar-refractivity contribution in [2.75, 3.05) is 0 Å². The van der Waals surface area contributed by atoms with Crippen LogP contribution in [0.1, 0.15) is 72.1 Å². The van der Waals surface area contributed by atoms with Gasteiger partial charge in [0.05, 0.1) is 12.0 Å². The molecule has 0 aromatic heterocycles. The van der Waals surface area contributed by atoms with Gasteiger partial charge in [0.2, 0.25) is 0 Å². The molecule has 4 aliphatic carbocycles. The first kappa shape index (κ1) is 17.6. The maximum atomic E-state index is 11.6. The molecule has 4 rings (SSSR count). The van der Waals surface area contributed by atoms with Gasteiger partial charge < -0.3 is 10.2 Å². The summed E-state index contributed by atoms with van der Waals surface area (Å²) in [6.07, 6.45) is 11.1. The number of carboxylic acid groups (broad SMARTS) is 1. The molecule has 3 saturated carbocycles. The molecule has 0 aromatic carbocycles. The summed E-state index contributed by atoms with van der Waals surface area (Å²) >= 11 is 0. The van der Waals surface area contributed by atoms with E-state index in [0.29, 0.717) is 17.8 Å². The zero-order chi connectivity index (χ0) is 18.0. The van der Waals surface area contributed by atoms with E-state index in [9.17, 15) is 15.0 Å². The number of hydrogen-bond acceptors (Lipinski definition) is 2. The second-order valence-corrected chi connectivity index (χ2v) is 10.0. The second-order valence-electron chi connectivity index (χ2n) is 10.0. The summed E-state index contributed by atoms with van der Waals surface area (Å²) in [5, 5.41) is 19.7. The Kier molecular flexibility index (Phi) is 4.10. The Hall–Kier alpha value is -0.830. The van der Waals surface area contributed by atoms with E-state index in [1.54, 1.807) is 0 Å². The van der Waals surface area contributed by atoms with Crippen LogP contribution in [0.25, 0.3) is 0 Å². The first-order chi connectivity index (χ1) is 11.8. The fourth-order valence-corrected chi connectivity index (χ4v) is 7.68. The predicted molar refractivity (Wildman–Crippen MR) is 98.0 cm³/mol. The SMILES string of the molecule is CC(C(=O)O)[C@H]1CCC2C3CC=C4C[C@@H](O)CC[C@]4(C)C3CC[C@@]21C. The highest BCUT2D eigenvalue weighted by molar-refractivity contribution is 5.70. The third kappa shape index (κ3) is 2.44. The molecule has 140 valence electrons. The van der Waals surface area contributed by atoms with Crippen LogP contribution in [-0.4, -0.2) is 22.3 Å². The van der Waals surface area contributed by atoms with Crippen molar-refractivity contribution < 1.29 is 15.0 Å². The lowest BCUT2D eigenvalue weighted by atomic mass is 9.47. The Bertz CT molecular complexity index is 596. The molecule has 0 radical (unpaired) electrons. The van der Waals surface area contributed by atoms with E-state index < -0.39 is 5.97 Å². The minimum Gasteiger partial charge on any atom is -0.481 e. The quantitative estimate of drug-likeness (QED) is 0.716. The predicted octanol–water partition coefficient (Wildman–Crippen LogP) is 4.65. The highest BCUT2D eigenvalue weighted by atomic mass is 16.4. The molecule has 4 unspecified atom stereocenters. The number of carbonyl (C=O) groups is 1. The second kappa shape index (κ2) is 5.84. The molecule has 3 heteroatoms. The lowest BCUT2D eigenvalue weighted by Gasteiger charge is -2.58. The van der Waals surface area contributed by atoms with Crippen LogP contribution in [0.2, 0.25) is 0 Å². The zero-order valence-corrected chi connectivity index (χ0v) is 16.0. The summed E-state index contributed by atoms with van der Waals surface area (Å²) in [5.41, 5.74) is 2.00. The Morgan fingerprint density at radius 3 is 2.64 bits per heavy atom. The molecule has 0 amide bonds. The van der Waals surface area contributed by atoms with Crippen molar-refractivity contribution in [3.05, 3.63) is 11.6 Å². The summed E-state index contributed by atoms with van der Waals surface area (Å²) in [7, 11) is 0. The molecule has 4 aliphatic rings. The molecule has 2 N–H and O–H groups in total. The van der Waals surface area contributed by atoms with Crippen LogP contribution in [-0.2, 0) is 4.79 Å². The minimum absolute atomic E-state index is 0.142. The van der Waals surface area contributed by atoms with Crippen molar-refractivity contribution in [3.63, 3.8) is 0 Å². The average molecular weight is 347 g/mol. The molecule has 25 heavy (non-hydrogen) atoms. The number of aliphatic hydroxyl groups excluding tert-OH is 1. The molecular weight excluding hydrogens is 312 g/mol. The molecule has 0 heterocycles. The highest BCUT2D eigenvalue weighted by Gasteiger charge is 2.59. The van der Waals surface area contributed by atoms with E-state index >= 15 is 0 Å². The summed E-state index contributed by atoms with van der Waals surface area (Å²) in [6, 6.07) is 0. The Morgan fingerprint density at radius 2 is 1.92 bits per heavy atom. The fraction of sp³-hybridized carbons (Fsp3) is 0.864. The summed E-state index contributed by atoms with van der Waals surface area (Å²) in [5.74, 6) is 1.63. The smallest absolute Gasteiger partial charge is 0.306 e. The standard InChI is InChI=1S/C22H34O3/c1-13(20(24)25)17-6-7-18-16-5-4-14-12-15(23)8-10-21(14,2)19(16)9-11-22(17,18)3/h4,13,15-19,23H,5-12H2,1-3H3,(H,24,25)/t13?,15-,16?,17+,18?,19?,21-,22+/m0/s1. The topological polar surface area (TPSA) is 57.5 Å². The highest BCUT2D eigenvalue weighted by Crippen LogP contribution is 2.67. The first-order valence-corrected chi connectivity index (χ1v) is 10.4. The Balaban J connectivity index is 1.63. The van der Waals surface area contributed by atoms with Crippen molar-refractivity contribution in [3.8, 4) is 0 Å². The number of rotatable bonds is 2. The van der Waals surface area contributed by atoms with Crippen LogP contribution in [0.15, 0.2) is 11.6 Å². The number of carboxylic acids is 1. The number of aliphatic hydroxyl groups is 1. The van der Waals surface area contributed by atoms with Gasteiger partial charge in [0, 0.05) is 0 Å². The maximum absolute atomic E-state index is 11.6. The van der Waals surface area contributed by atoms with Crippen molar-refractivity contribution in [2.45, 2.75) is 78.2 Å². The van der Waals surface area contributed by atoms with Gasteiger partial charge in [-0.15, -0.1) is 0 Å². The normalized spacial score (nSPS) is 50.2. The molecule has 8 atom stereocenters. The average Bonchev–Trinajstić information content (AvgIpc) is 2.92. The van der Waals surface area contributed by atoms with Crippen LogP contribution in [0.3, 0.4) is 0 Å². The molecule has 0 spiro atoms. The minimum atomic E-state index is -0.618. The maximum Gasteiger partial charge on any atom is 0.306 e. The van der Waals surface area contributed by atoms with E-state index in [2.05, 4.69) is 19.9 Å². The van der Waals surface area contributed by atoms with E-state index in [0.717, 1.165) is 38.0 Å². The van der Waals surface area contributed by atoms with Crippen molar-refractivity contribution in [1.82, 2.24) is 0 Å².